The van der Waals surface area contributed by atoms with Gasteiger partial charge in [0.25, 0.3) is 0 Å². The molecule has 1 aliphatic heterocycles. The van der Waals surface area contributed by atoms with Crippen LogP contribution in [0.4, 0.5) is 5.69 Å². The standard InChI is InChI=1S/C39H47ClN2O5/c1-24(21-45-33-10-15-41-32-9-4-6-26(3)36(32)33)16-28-17-27-18-34-35(47-23-25(2)22-46-34)20-31(27)38(28)11-13-39(14-12-38,37(43)44)42-30-8-5-7-29(40)19-30/h5,7-8,10,15,18-20,24-26,28,42H,4,6,9,11-14,16-17,21-23H2,1-3H3,(H,43,44)/t24-,25?,26-,28+,38?,39?/m1/s1. The Labute approximate surface area is 283 Å². The summed E-state index contributed by atoms with van der Waals surface area (Å²) in [6, 6.07) is 13.8. The summed E-state index contributed by atoms with van der Waals surface area (Å²) in [5.74, 6) is 3.26. The summed E-state index contributed by atoms with van der Waals surface area (Å²) in [4.78, 5) is 17.6. The van der Waals surface area contributed by atoms with Gasteiger partial charge in [-0.25, -0.2) is 4.79 Å². The Morgan fingerprint density at radius 3 is 2.62 bits per heavy atom. The van der Waals surface area contributed by atoms with Crippen molar-refractivity contribution in [2.24, 2.45) is 17.8 Å². The summed E-state index contributed by atoms with van der Waals surface area (Å²) in [5.41, 5.74) is 4.62. The van der Waals surface area contributed by atoms with E-state index in [1.165, 1.54) is 35.2 Å². The number of nitrogens with zero attached hydrogens (tertiary/aromatic N) is 1. The maximum Gasteiger partial charge on any atom is 0.329 e. The lowest BCUT2D eigenvalue weighted by Crippen LogP contribution is -2.53. The molecule has 47 heavy (non-hydrogen) atoms. The third kappa shape index (κ3) is 6.16. The van der Waals surface area contributed by atoms with E-state index < -0.39 is 11.5 Å². The monoisotopic (exact) mass is 658 g/mol. The fourth-order valence-electron chi connectivity index (χ4n) is 8.85. The maximum atomic E-state index is 12.9. The number of ether oxygens (including phenoxy) is 3. The molecule has 1 spiro atoms. The minimum absolute atomic E-state index is 0.154. The first kappa shape index (κ1) is 32.1. The average Bonchev–Trinajstić information content (AvgIpc) is 3.19. The van der Waals surface area contributed by atoms with Gasteiger partial charge in [-0.1, -0.05) is 38.4 Å². The summed E-state index contributed by atoms with van der Waals surface area (Å²) in [7, 11) is 0. The van der Waals surface area contributed by atoms with Crippen LogP contribution in [0.15, 0.2) is 48.7 Å². The number of carboxylic acids is 1. The minimum atomic E-state index is -1.06. The van der Waals surface area contributed by atoms with Crippen molar-refractivity contribution in [1.29, 1.82) is 0 Å². The van der Waals surface area contributed by atoms with Crippen LogP contribution in [0.25, 0.3) is 0 Å². The molecule has 2 N–H and O–H groups in total. The second-order valence-electron chi connectivity index (χ2n) is 14.9. The molecule has 1 aromatic heterocycles. The van der Waals surface area contributed by atoms with Gasteiger partial charge in [0.05, 0.1) is 19.8 Å². The number of aliphatic carboxylic acids is 1. The molecular formula is C39H47ClN2O5. The third-order valence-corrected chi connectivity index (χ3v) is 11.6. The van der Waals surface area contributed by atoms with Gasteiger partial charge in [0, 0.05) is 34.1 Å². The summed E-state index contributed by atoms with van der Waals surface area (Å²) < 4.78 is 19.1. The molecule has 4 aliphatic rings. The Hall–Kier alpha value is -3.45. The lowest BCUT2D eigenvalue weighted by molar-refractivity contribution is -0.144. The number of aryl methyl sites for hydroxylation is 1. The van der Waals surface area contributed by atoms with Gasteiger partial charge in [-0.15, -0.1) is 0 Å². The number of carbonyl (C=O) groups is 1. The fourth-order valence-corrected chi connectivity index (χ4v) is 9.04. The summed E-state index contributed by atoms with van der Waals surface area (Å²) in [5, 5.41) is 14.6. The summed E-state index contributed by atoms with van der Waals surface area (Å²) in [6.45, 7) is 8.63. The third-order valence-electron chi connectivity index (χ3n) is 11.4. The lowest BCUT2D eigenvalue weighted by Gasteiger charge is -2.47. The van der Waals surface area contributed by atoms with E-state index in [0.717, 1.165) is 55.0 Å². The molecule has 0 saturated heterocycles. The first-order valence-electron chi connectivity index (χ1n) is 17.5. The number of halogens is 1. The van der Waals surface area contributed by atoms with Crippen molar-refractivity contribution in [3.8, 4) is 17.2 Å². The molecule has 3 aromatic rings. The van der Waals surface area contributed by atoms with Gasteiger partial charge in [-0.3, -0.25) is 4.98 Å². The van der Waals surface area contributed by atoms with Crippen LogP contribution < -0.4 is 19.5 Å². The van der Waals surface area contributed by atoms with Crippen LogP contribution in [0, 0.1) is 17.8 Å². The molecule has 2 heterocycles. The molecular weight excluding hydrogens is 612 g/mol. The molecule has 2 aromatic carbocycles. The van der Waals surface area contributed by atoms with E-state index in [1.807, 2.05) is 24.4 Å². The van der Waals surface area contributed by atoms with Crippen LogP contribution in [-0.4, -0.2) is 41.4 Å². The van der Waals surface area contributed by atoms with Gasteiger partial charge < -0.3 is 24.6 Å². The van der Waals surface area contributed by atoms with Gasteiger partial charge >= 0.3 is 5.97 Å². The zero-order valence-corrected chi connectivity index (χ0v) is 28.6. The largest absolute Gasteiger partial charge is 0.493 e. The Morgan fingerprint density at radius 1 is 1.11 bits per heavy atom. The zero-order valence-electron chi connectivity index (χ0n) is 27.8. The number of fused-ring (bicyclic) bond motifs is 4. The van der Waals surface area contributed by atoms with Gasteiger partial charge in [0.15, 0.2) is 11.5 Å². The van der Waals surface area contributed by atoms with Crippen molar-refractivity contribution in [1.82, 2.24) is 4.98 Å². The van der Waals surface area contributed by atoms with Crippen molar-refractivity contribution in [2.45, 2.75) is 95.4 Å². The number of hydrogen-bond acceptors (Lipinski definition) is 6. The van der Waals surface area contributed by atoms with Gasteiger partial charge in [-0.05, 0) is 128 Å². The molecule has 1 fully saturated rings. The second-order valence-corrected chi connectivity index (χ2v) is 15.3. The number of rotatable bonds is 8. The van der Waals surface area contributed by atoms with Crippen LogP contribution >= 0.6 is 11.6 Å². The molecule has 1 unspecified atom stereocenters. The normalized spacial score (nSPS) is 28.6. The number of benzene rings is 2. The fraction of sp³-hybridized carbons (Fsp3) is 0.538. The highest BCUT2D eigenvalue weighted by Crippen LogP contribution is 2.58. The first-order valence-corrected chi connectivity index (χ1v) is 17.8. The number of nitrogens with one attached hydrogen (secondary N) is 1. The van der Waals surface area contributed by atoms with Gasteiger partial charge in [-0.2, -0.15) is 0 Å². The molecule has 1 saturated carbocycles. The summed E-state index contributed by atoms with van der Waals surface area (Å²) in [6.07, 6.45) is 9.77. The Morgan fingerprint density at radius 2 is 1.87 bits per heavy atom. The molecule has 250 valence electrons. The van der Waals surface area contributed by atoms with Gasteiger partial charge in [0.2, 0.25) is 0 Å². The topological polar surface area (TPSA) is 89.9 Å². The SMILES string of the molecule is CC1COc2cc3c(cc2OC1)C1(CCC(Nc2cccc(Cl)c2)(C(=O)O)CC1)[C@@H](C[C@@H](C)COc1ccnc2c1[C@H](C)CCC2)C3. The quantitative estimate of drug-likeness (QED) is 0.250. The van der Waals surface area contributed by atoms with E-state index in [4.69, 9.17) is 25.8 Å². The van der Waals surface area contributed by atoms with Crippen LogP contribution in [0.2, 0.25) is 5.02 Å². The molecule has 0 bridgehead atoms. The van der Waals surface area contributed by atoms with Crippen LogP contribution in [0.1, 0.15) is 94.0 Å². The number of aromatic nitrogens is 1. The molecule has 7 rings (SSSR count). The number of anilines is 1. The van der Waals surface area contributed by atoms with Crippen molar-refractivity contribution < 1.29 is 24.1 Å². The van der Waals surface area contributed by atoms with Crippen molar-refractivity contribution in [2.75, 3.05) is 25.1 Å². The number of carboxylic acid groups (broad SMARTS) is 1. The maximum absolute atomic E-state index is 12.9. The zero-order chi connectivity index (χ0) is 32.8. The Kier molecular flexibility index (Phi) is 8.79. The average molecular weight is 659 g/mol. The van der Waals surface area contributed by atoms with E-state index in [9.17, 15) is 9.90 Å². The second kappa shape index (κ2) is 12.9. The molecule has 0 amide bonds. The highest BCUT2D eigenvalue weighted by Gasteiger charge is 2.54. The van der Waals surface area contributed by atoms with Crippen LogP contribution in [0.3, 0.4) is 0 Å². The van der Waals surface area contributed by atoms with E-state index in [-0.39, 0.29) is 5.41 Å². The highest BCUT2D eigenvalue weighted by atomic mass is 35.5. The first-order chi connectivity index (χ1) is 22.7. The molecule has 3 aliphatic carbocycles. The predicted octanol–water partition coefficient (Wildman–Crippen LogP) is 8.61. The molecule has 4 atom stereocenters. The van der Waals surface area contributed by atoms with Crippen LogP contribution in [-0.2, 0) is 23.1 Å². The van der Waals surface area contributed by atoms with Crippen LogP contribution in [0.5, 0.6) is 17.2 Å². The van der Waals surface area contributed by atoms with E-state index in [0.29, 0.717) is 61.4 Å². The summed E-state index contributed by atoms with van der Waals surface area (Å²) >= 11 is 6.27. The molecule has 7 nitrogen and oxygen atoms in total. The van der Waals surface area contributed by atoms with Crippen molar-refractivity contribution in [3.05, 3.63) is 76.1 Å². The lowest BCUT2D eigenvalue weighted by atomic mass is 9.59. The van der Waals surface area contributed by atoms with E-state index in [2.05, 4.69) is 43.2 Å². The number of pyridine rings is 1. The van der Waals surface area contributed by atoms with E-state index in [1.54, 1.807) is 12.1 Å². The van der Waals surface area contributed by atoms with E-state index >= 15 is 0 Å². The molecule has 8 heteroatoms. The Bertz CT molecular complexity index is 1630. The smallest absolute Gasteiger partial charge is 0.329 e. The van der Waals surface area contributed by atoms with Crippen molar-refractivity contribution in [3.63, 3.8) is 0 Å². The van der Waals surface area contributed by atoms with Crippen molar-refractivity contribution >= 4 is 23.3 Å². The number of hydrogen-bond donors (Lipinski definition) is 2. The highest BCUT2D eigenvalue weighted by molar-refractivity contribution is 6.30. The minimum Gasteiger partial charge on any atom is -0.493 e. The van der Waals surface area contributed by atoms with Gasteiger partial charge in [0.1, 0.15) is 11.3 Å². The Balaban J connectivity index is 1.15. The predicted molar refractivity (Wildman–Crippen MR) is 184 cm³/mol. The molecule has 0 radical (unpaired) electrons.